The van der Waals surface area contributed by atoms with Crippen molar-refractivity contribution in [2.45, 2.75) is 39.5 Å². The molecule has 1 aromatic rings. The van der Waals surface area contributed by atoms with Crippen LogP contribution in [-0.2, 0) is 4.79 Å². The normalized spacial score (nSPS) is 16.2. The summed E-state index contributed by atoms with van der Waals surface area (Å²) in [5, 5.41) is 0. The first-order valence-corrected chi connectivity index (χ1v) is 6.51. The van der Waals surface area contributed by atoms with Crippen LogP contribution in [0.3, 0.4) is 0 Å². The van der Waals surface area contributed by atoms with Crippen molar-refractivity contribution in [3.05, 3.63) is 34.9 Å². The predicted molar refractivity (Wildman–Crippen MR) is 73.9 cm³/mol. The van der Waals surface area contributed by atoms with Crippen LogP contribution in [-0.4, -0.2) is 12.9 Å². The number of ether oxygens (including phenoxy) is 1. The van der Waals surface area contributed by atoms with E-state index < -0.39 is 0 Å². The molecular weight excluding hydrogens is 224 g/mol. The summed E-state index contributed by atoms with van der Waals surface area (Å²) < 4.78 is 5.48. The van der Waals surface area contributed by atoms with Gasteiger partial charge in [-0.25, -0.2) is 0 Å². The van der Waals surface area contributed by atoms with E-state index in [4.69, 9.17) is 4.74 Å². The van der Waals surface area contributed by atoms with Gasteiger partial charge in [-0.15, -0.1) is 0 Å². The van der Waals surface area contributed by atoms with Crippen LogP contribution in [0.2, 0.25) is 0 Å². The average Bonchev–Trinajstić information content (AvgIpc) is 2.52. The molecule has 0 aromatic heterocycles. The molecule has 0 bridgehead atoms. The average molecular weight is 244 g/mol. The Morgan fingerprint density at radius 3 is 2.56 bits per heavy atom. The maximum Gasteiger partial charge on any atom is 0.155 e. The maximum atomic E-state index is 11.7. The zero-order chi connectivity index (χ0) is 13.1. The number of ketones is 1. The molecule has 1 aliphatic carbocycles. The molecule has 0 atom stereocenters. The first-order valence-electron chi connectivity index (χ1n) is 6.51. The van der Waals surface area contributed by atoms with Crippen molar-refractivity contribution in [2.24, 2.45) is 0 Å². The maximum absolute atomic E-state index is 11.7. The Hall–Kier alpha value is -1.57. The van der Waals surface area contributed by atoms with E-state index in [1.54, 1.807) is 7.11 Å². The lowest BCUT2D eigenvalue weighted by atomic mass is 9.94. The van der Waals surface area contributed by atoms with Gasteiger partial charge in [-0.05, 0) is 62.0 Å². The van der Waals surface area contributed by atoms with Crippen LogP contribution in [0.15, 0.2) is 18.2 Å². The summed E-state index contributed by atoms with van der Waals surface area (Å²) in [4.78, 5) is 11.7. The van der Waals surface area contributed by atoms with Crippen molar-refractivity contribution in [1.29, 1.82) is 0 Å². The van der Waals surface area contributed by atoms with Crippen LogP contribution < -0.4 is 4.74 Å². The van der Waals surface area contributed by atoms with Gasteiger partial charge < -0.3 is 4.74 Å². The molecule has 2 rings (SSSR count). The molecule has 0 radical (unpaired) electrons. The molecule has 2 nitrogen and oxygen atoms in total. The predicted octanol–water partition coefficient (Wildman–Crippen LogP) is 3.84. The van der Waals surface area contributed by atoms with Gasteiger partial charge in [-0.1, -0.05) is 6.07 Å². The summed E-state index contributed by atoms with van der Waals surface area (Å²) in [5.41, 5.74) is 4.62. The highest BCUT2D eigenvalue weighted by atomic mass is 16.5. The zero-order valence-electron chi connectivity index (χ0n) is 11.4. The van der Waals surface area contributed by atoms with Gasteiger partial charge >= 0.3 is 0 Å². The molecule has 18 heavy (non-hydrogen) atoms. The number of methoxy groups -OCH3 is 1. The molecule has 1 aliphatic rings. The van der Waals surface area contributed by atoms with E-state index in [0.29, 0.717) is 6.42 Å². The van der Waals surface area contributed by atoms with Crippen molar-refractivity contribution < 1.29 is 9.53 Å². The van der Waals surface area contributed by atoms with Crippen LogP contribution in [0, 0.1) is 13.8 Å². The van der Waals surface area contributed by atoms with E-state index >= 15 is 0 Å². The molecule has 1 aromatic carbocycles. The molecule has 0 saturated carbocycles. The fourth-order valence-corrected chi connectivity index (χ4v) is 2.65. The number of aryl methyl sites for hydroxylation is 2. The number of carbonyl (C=O) groups excluding carboxylic acids is 1. The van der Waals surface area contributed by atoms with E-state index in [0.717, 1.165) is 36.1 Å². The Morgan fingerprint density at radius 1 is 1.11 bits per heavy atom. The van der Waals surface area contributed by atoms with Crippen LogP contribution in [0.4, 0.5) is 0 Å². The first-order chi connectivity index (χ1) is 8.61. The third kappa shape index (κ3) is 2.63. The highest BCUT2D eigenvalue weighted by molar-refractivity contribution is 5.98. The molecule has 0 heterocycles. The number of hydrogen-bond acceptors (Lipinski definition) is 2. The largest absolute Gasteiger partial charge is 0.496 e. The first kappa shape index (κ1) is 12.9. The molecule has 0 N–H and O–H groups in total. The zero-order valence-corrected chi connectivity index (χ0v) is 11.4. The fourth-order valence-electron chi connectivity index (χ4n) is 2.65. The minimum Gasteiger partial charge on any atom is -0.496 e. The number of allylic oxidation sites excluding steroid dienone is 2. The van der Waals surface area contributed by atoms with E-state index in [1.807, 2.05) is 12.1 Å². The van der Waals surface area contributed by atoms with Gasteiger partial charge in [-0.2, -0.15) is 0 Å². The summed E-state index contributed by atoms with van der Waals surface area (Å²) in [5.74, 6) is 1.12. The SMILES string of the molecule is COc1cc(C)cc(C)c1C1=CC(=O)CCCC1. The lowest BCUT2D eigenvalue weighted by molar-refractivity contribution is -0.114. The summed E-state index contributed by atoms with van der Waals surface area (Å²) >= 11 is 0. The molecule has 0 spiro atoms. The van der Waals surface area contributed by atoms with Crippen LogP contribution in [0.1, 0.15) is 42.4 Å². The summed E-state index contributed by atoms with van der Waals surface area (Å²) in [6.45, 7) is 4.15. The van der Waals surface area contributed by atoms with Crippen molar-refractivity contribution in [3.63, 3.8) is 0 Å². The number of rotatable bonds is 2. The Balaban J connectivity index is 2.52. The van der Waals surface area contributed by atoms with Gasteiger partial charge in [0.15, 0.2) is 5.78 Å². The van der Waals surface area contributed by atoms with E-state index in [-0.39, 0.29) is 5.78 Å². The van der Waals surface area contributed by atoms with Crippen LogP contribution in [0.5, 0.6) is 5.75 Å². The molecule has 0 saturated heterocycles. The highest BCUT2D eigenvalue weighted by Gasteiger charge is 2.16. The van der Waals surface area contributed by atoms with Gasteiger partial charge in [0.1, 0.15) is 5.75 Å². The van der Waals surface area contributed by atoms with Crippen molar-refractivity contribution >= 4 is 11.4 Å². The fraction of sp³-hybridized carbons (Fsp3) is 0.438. The Morgan fingerprint density at radius 2 is 1.83 bits per heavy atom. The minimum atomic E-state index is 0.240. The highest BCUT2D eigenvalue weighted by Crippen LogP contribution is 2.34. The smallest absolute Gasteiger partial charge is 0.155 e. The second kappa shape index (κ2) is 5.38. The Bertz CT molecular complexity index is 498. The second-order valence-electron chi connectivity index (χ2n) is 5.00. The molecule has 0 fully saturated rings. The molecule has 2 heteroatoms. The van der Waals surface area contributed by atoms with E-state index in [9.17, 15) is 4.79 Å². The third-order valence-corrected chi connectivity index (χ3v) is 3.44. The number of benzene rings is 1. The second-order valence-corrected chi connectivity index (χ2v) is 5.00. The van der Waals surface area contributed by atoms with Crippen molar-refractivity contribution in [2.75, 3.05) is 7.11 Å². The molecular formula is C16H20O2. The molecule has 0 unspecified atom stereocenters. The lowest BCUT2D eigenvalue weighted by Gasteiger charge is -2.15. The van der Waals surface area contributed by atoms with Crippen molar-refractivity contribution in [1.82, 2.24) is 0 Å². The summed E-state index contributed by atoms with van der Waals surface area (Å²) in [7, 11) is 1.69. The van der Waals surface area contributed by atoms with Crippen molar-refractivity contribution in [3.8, 4) is 5.75 Å². The Labute approximate surface area is 109 Å². The van der Waals surface area contributed by atoms with Gasteiger partial charge in [0, 0.05) is 12.0 Å². The summed E-state index contributed by atoms with van der Waals surface area (Å²) in [6, 6.07) is 4.19. The molecule has 0 aliphatic heterocycles. The third-order valence-electron chi connectivity index (χ3n) is 3.44. The van der Waals surface area contributed by atoms with E-state index in [1.165, 1.54) is 11.1 Å². The number of carbonyl (C=O) groups is 1. The van der Waals surface area contributed by atoms with Crippen LogP contribution >= 0.6 is 0 Å². The van der Waals surface area contributed by atoms with Gasteiger partial charge in [-0.3, -0.25) is 4.79 Å². The van der Waals surface area contributed by atoms with Crippen LogP contribution in [0.25, 0.3) is 5.57 Å². The van der Waals surface area contributed by atoms with Gasteiger partial charge in [0.05, 0.1) is 7.11 Å². The van der Waals surface area contributed by atoms with Gasteiger partial charge in [0.2, 0.25) is 0 Å². The van der Waals surface area contributed by atoms with Gasteiger partial charge in [0.25, 0.3) is 0 Å². The quantitative estimate of drug-likeness (QED) is 0.790. The monoisotopic (exact) mass is 244 g/mol. The topological polar surface area (TPSA) is 26.3 Å². The molecule has 0 amide bonds. The lowest BCUT2D eigenvalue weighted by Crippen LogP contribution is -1.98. The minimum absolute atomic E-state index is 0.240. The summed E-state index contributed by atoms with van der Waals surface area (Å²) in [6.07, 6.45) is 5.52. The molecule has 96 valence electrons. The van der Waals surface area contributed by atoms with E-state index in [2.05, 4.69) is 19.9 Å². The Kier molecular flexibility index (Phi) is 3.85. The number of hydrogen-bond donors (Lipinski definition) is 0. The standard InChI is InChI=1S/C16H20O2/c1-11-8-12(2)16(15(9-11)18-3)13-6-4-5-7-14(17)10-13/h8-10H,4-7H2,1-3H3.